The van der Waals surface area contributed by atoms with Gasteiger partial charge in [0.2, 0.25) is 0 Å². The van der Waals surface area contributed by atoms with Crippen LogP contribution in [0, 0.1) is 18.6 Å². The summed E-state index contributed by atoms with van der Waals surface area (Å²) >= 11 is 0. The van der Waals surface area contributed by atoms with Gasteiger partial charge in [-0.1, -0.05) is 0 Å². The average Bonchev–Trinajstić information content (AvgIpc) is 3.02. The molecule has 1 atom stereocenters. The lowest BCUT2D eigenvalue weighted by Crippen LogP contribution is -2.10. The van der Waals surface area contributed by atoms with Gasteiger partial charge in [-0.15, -0.1) is 0 Å². The minimum atomic E-state index is -1.56. The fourth-order valence-electron chi connectivity index (χ4n) is 3.03. The summed E-state index contributed by atoms with van der Waals surface area (Å²) in [5, 5.41) is 0. The van der Waals surface area contributed by atoms with Crippen LogP contribution in [0.3, 0.4) is 0 Å². The smallest absolute Gasteiger partial charge is 0.151 e. The number of nitrogen functional groups attached to an aromatic ring is 1. The van der Waals surface area contributed by atoms with Crippen molar-refractivity contribution in [3.05, 3.63) is 47.4 Å². The van der Waals surface area contributed by atoms with Crippen molar-refractivity contribution in [1.82, 2.24) is 14.5 Å². The van der Waals surface area contributed by atoms with Crippen LogP contribution in [0.4, 0.5) is 14.6 Å². The van der Waals surface area contributed by atoms with Gasteiger partial charge in [0.15, 0.2) is 5.82 Å². The van der Waals surface area contributed by atoms with E-state index < -0.39 is 22.4 Å². The summed E-state index contributed by atoms with van der Waals surface area (Å²) in [6, 6.07) is 3.08. The first kappa shape index (κ1) is 20.3. The fourth-order valence-corrected chi connectivity index (χ4v) is 4.14. The molecule has 28 heavy (non-hydrogen) atoms. The highest BCUT2D eigenvalue weighted by Crippen LogP contribution is 2.24. The van der Waals surface area contributed by atoms with E-state index in [0.29, 0.717) is 43.3 Å². The van der Waals surface area contributed by atoms with E-state index in [2.05, 4.69) is 9.97 Å². The molecule has 2 aromatic heterocycles. The molecule has 0 saturated carbocycles. The van der Waals surface area contributed by atoms with Gasteiger partial charge in [0, 0.05) is 31.2 Å². The molecule has 0 radical (unpaired) electrons. The third-order valence-corrected chi connectivity index (χ3v) is 5.83. The zero-order valence-corrected chi connectivity index (χ0v) is 16.6. The highest BCUT2D eigenvalue weighted by atomic mass is 32.2. The number of nitrogens with zero attached hydrogens (tertiary/aromatic N) is 3. The van der Waals surface area contributed by atoms with E-state index in [0.717, 1.165) is 23.2 Å². The van der Waals surface area contributed by atoms with Crippen molar-refractivity contribution in [3.8, 4) is 0 Å². The van der Waals surface area contributed by atoms with E-state index >= 15 is 0 Å². The lowest BCUT2D eigenvalue weighted by Gasteiger charge is -2.11. The number of benzene rings is 1. The molecule has 1 aromatic carbocycles. The number of halogens is 2. The summed E-state index contributed by atoms with van der Waals surface area (Å²) in [6.45, 7) is 5.19. The number of pyridine rings is 1. The first-order valence-electron chi connectivity index (χ1n) is 8.93. The maximum atomic E-state index is 13.8. The van der Waals surface area contributed by atoms with Gasteiger partial charge in [-0.25, -0.2) is 18.7 Å². The van der Waals surface area contributed by atoms with Gasteiger partial charge >= 0.3 is 0 Å². The van der Waals surface area contributed by atoms with Gasteiger partial charge in [0.1, 0.15) is 29.6 Å². The molecule has 0 aliphatic rings. The number of ether oxygens (including phenoxy) is 1. The van der Waals surface area contributed by atoms with Crippen LogP contribution in [0.25, 0.3) is 11.0 Å². The minimum absolute atomic E-state index is 0.0102. The van der Waals surface area contributed by atoms with Crippen molar-refractivity contribution >= 4 is 27.7 Å². The number of imidazole rings is 1. The van der Waals surface area contributed by atoms with E-state index in [-0.39, 0.29) is 10.6 Å². The summed E-state index contributed by atoms with van der Waals surface area (Å²) in [5.41, 5.74) is 8.36. The number of rotatable bonds is 8. The maximum Gasteiger partial charge on any atom is 0.151 e. The molecule has 0 aliphatic carbocycles. The van der Waals surface area contributed by atoms with Gasteiger partial charge < -0.3 is 15.0 Å². The predicted molar refractivity (Wildman–Crippen MR) is 104 cm³/mol. The van der Waals surface area contributed by atoms with E-state index in [1.54, 1.807) is 6.20 Å². The number of hydrogen-bond donors (Lipinski definition) is 1. The monoisotopic (exact) mass is 408 g/mol. The Kier molecular flexibility index (Phi) is 6.35. The van der Waals surface area contributed by atoms with Gasteiger partial charge in [-0.05, 0) is 38.0 Å². The zero-order chi connectivity index (χ0) is 20.3. The Morgan fingerprint density at radius 2 is 2.11 bits per heavy atom. The molecular weight excluding hydrogens is 386 g/mol. The van der Waals surface area contributed by atoms with E-state index in [1.807, 2.05) is 18.4 Å². The Bertz CT molecular complexity index is 1020. The Hall–Kier alpha value is -2.39. The molecule has 3 aromatic rings. The molecule has 0 bridgehead atoms. The second-order valence-electron chi connectivity index (χ2n) is 6.32. The van der Waals surface area contributed by atoms with Crippen molar-refractivity contribution in [3.63, 3.8) is 0 Å². The van der Waals surface area contributed by atoms with Crippen LogP contribution in [0.5, 0.6) is 0 Å². The molecule has 0 saturated heterocycles. The van der Waals surface area contributed by atoms with Crippen LogP contribution in [0.2, 0.25) is 0 Å². The van der Waals surface area contributed by atoms with Gasteiger partial charge in [-0.3, -0.25) is 4.21 Å². The molecule has 3 rings (SSSR count). The van der Waals surface area contributed by atoms with E-state index in [1.165, 1.54) is 6.07 Å². The molecule has 0 spiro atoms. The Morgan fingerprint density at radius 1 is 1.32 bits per heavy atom. The molecule has 0 amide bonds. The Labute approximate surface area is 164 Å². The van der Waals surface area contributed by atoms with Crippen LogP contribution < -0.4 is 5.73 Å². The zero-order valence-electron chi connectivity index (χ0n) is 15.7. The standard InChI is InChI=1S/C19H22F2N4O2S/c1-3-27-11-16-24-17-18(12(2)10-23-19(17)22)25(16)7-4-8-28(26)15-6-5-13(20)9-14(15)21/h5-6,9-10H,3-4,7-8,11H2,1-2H3,(H2,22,23). The van der Waals surface area contributed by atoms with Gasteiger partial charge in [-0.2, -0.15) is 0 Å². The van der Waals surface area contributed by atoms with Crippen molar-refractivity contribution in [2.45, 2.75) is 38.3 Å². The molecule has 1 unspecified atom stereocenters. The van der Waals surface area contributed by atoms with Crippen LogP contribution in [0.1, 0.15) is 24.7 Å². The Balaban J connectivity index is 1.81. The number of hydrogen-bond acceptors (Lipinski definition) is 5. The quantitative estimate of drug-likeness (QED) is 0.618. The maximum absolute atomic E-state index is 13.8. The first-order valence-corrected chi connectivity index (χ1v) is 10.3. The molecule has 0 fully saturated rings. The molecule has 2 heterocycles. The predicted octanol–water partition coefficient (Wildman–Crippen LogP) is 3.33. The third kappa shape index (κ3) is 4.20. The summed E-state index contributed by atoms with van der Waals surface area (Å²) in [6.07, 6.45) is 2.20. The Morgan fingerprint density at radius 3 is 2.82 bits per heavy atom. The number of anilines is 1. The van der Waals surface area contributed by atoms with Crippen LogP contribution in [-0.4, -0.2) is 31.1 Å². The van der Waals surface area contributed by atoms with Crippen molar-refractivity contribution < 1.29 is 17.7 Å². The second kappa shape index (κ2) is 8.74. The molecular formula is C19H22F2N4O2S. The number of nitrogens with two attached hydrogens (primary N) is 1. The highest BCUT2D eigenvalue weighted by Gasteiger charge is 2.17. The molecule has 150 valence electrons. The highest BCUT2D eigenvalue weighted by molar-refractivity contribution is 7.85. The lowest BCUT2D eigenvalue weighted by atomic mass is 10.2. The minimum Gasteiger partial charge on any atom is -0.382 e. The first-order chi connectivity index (χ1) is 13.4. The largest absolute Gasteiger partial charge is 0.382 e. The van der Waals surface area contributed by atoms with Crippen molar-refractivity contribution in [1.29, 1.82) is 0 Å². The van der Waals surface area contributed by atoms with Crippen LogP contribution >= 0.6 is 0 Å². The summed E-state index contributed by atoms with van der Waals surface area (Å²) in [5.74, 6) is -0.202. The SMILES string of the molecule is CCOCc1nc2c(N)ncc(C)c2n1CCCS(=O)c1ccc(F)cc1F. The molecule has 2 N–H and O–H groups in total. The second-order valence-corrected chi connectivity index (χ2v) is 7.86. The summed E-state index contributed by atoms with van der Waals surface area (Å²) in [4.78, 5) is 8.72. The molecule has 0 aliphatic heterocycles. The fraction of sp³-hybridized carbons (Fsp3) is 0.368. The third-order valence-electron chi connectivity index (χ3n) is 4.35. The topological polar surface area (TPSA) is 83.0 Å². The van der Waals surface area contributed by atoms with E-state index in [9.17, 15) is 13.0 Å². The van der Waals surface area contributed by atoms with Crippen LogP contribution in [0.15, 0.2) is 29.3 Å². The van der Waals surface area contributed by atoms with E-state index in [4.69, 9.17) is 10.5 Å². The molecule has 6 nitrogen and oxygen atoms in total. The summed E-state index contributed by atoms with van der Waals surface area (Å²) in [7, 11) is -1.56. The number of aryl methyl sites for hydroxylation is 2. The van der Waals surface area contributed by atoms with Crippen molar-refractivity contribution in [2.24, 2.45) is 0 Å². The number of fused-ring (bicyclic) bond motifs is 1. The van der Waals surface area contributed by atoms with Crippen LogP contribution in [-0.2, 0) is 28.7 Å². The average molecular weight is 408 g/mol. The van der Waals surface area contributed by atoms with Crippen molar-refractivity contribution in [2.75, 3.05) is 18.1 Å². The molecule has 9 heteroatoms. The normalized spacial score (nSPS) is 12.6. The van der Waals surface area contributed by atoms with Gasteiger partial charge in [0.05, 0.1) is 21.2 Å². The summed E-state index contributed by atoms with van der Waals surface area (Å²) < 4.78 is 46.8. The lowest BCUT2D eigenvalue weighted by molar-refractivity contribution is 0.126. The number of aromatic nitrogens is 3. The van der Waals surface area contributed by atoms with Gasteiger partial charge in [0.25, 0.3) is 0 Å².